The summed E-state index contributed by atoms with van der Waals surface area (Å²) in [4.78, 5) is 36.0. The van der Waals surface area contributed by atoms with Crippen LogP contribution in [0.15, 0.2) is 0 Å². The molecular formula is C14H28O16. The van der Waals surface area contributed by atoms with E-state index >= 15 is 0 Å². The number of carbonyl (C=O) groups excluding carboxylic acids is 4. The summed E-state index contributed by atoms with van der Waals surface area (Å²) in [5.41, 5.74) is 0. The van der Waals surface area contributed by atoms with Crippen molar-refractivity contribution in [1.82, 2.24) is 0 Å². The summed E-state index contributed by atoms with van der Waals surface area (Å²) in [6.45, 7) is 2.98. The summed E-state index contributed by atoms with van der Waals surface area (Å²) in [6, 6.07) is 0. The predicted octanol–water partition coefficient (Wildman–Crippen LogP) is -7.96. The molecule has 0 aliphatic heterocycles. The molecule has 0 aromatic carbocycles. The van der Waals surface area contributed by atoms with Gasteiger partial charge in [-0.05, 0) is 0 Å². The maximum atomic E-state index is 9.90. The van der Waals surface area contributed by atoms with Crippen molar-refractivity contribution in [3.8, 4) is 0 Å². The molecule has 0 spiro atoms. The molecule has 0 aliphatic carbocycles. The Kier molecular flexibility index (Phi) is 32.2. The molecule has 0 aliphatic rings. The number of rotatable bonds is 10. The third-order valence-electron chi connectivity index (χ3n) is 2.84. The van der Waals surface area contributed by atoms with E-state index in [1.165, 1.54) is 0 Å². The first-order valence-electron chi connectivity index (χ1n) is 7.26. The molecule has 0 bridgehead atoms. The minimum Gasteiger partial charge on any atom is 0 e. The van der Waals surface area contributed by atoms with Gasteiger partial charge in [-0.1, -0.05) is 0 Å². The van der Waals surface area contributed by atoms with Crippen molar-refractivity contribution in [3.63, 3.8) is 0 Å². The van der Waals surface area contributed by atoms with E-state index < -0.39 is 62.0 Å². The third kappa shape index (κ3) is 18.1. The SMILES string of the molecule is O.O=C=O.O=CC(O)C(O)C(O)C(O)CO.O=CC(O)C(O)C(O)C(O)CO.[C-]#[O+].[HH]. The summed E-state index contributed by atoms with van der Waals surface area (Å²) in [6.07, 6.45) is -13.4. The Labute approximate surface area is 170 Å². The molecule has 180 valence electrons. The van der Waals surface area contributed by atoms with Crippen LogP contribution >= 0.6 is 0 Å². The molecule has 0 fully saturated rings. The van der Waals surface area contributed by atoms with Gasteiger partial charge in [-0.3, -0.25) is 0 Å². The van der Waals surface area contributed by atoms with E-state index in [0.29, 0.717) is 0 Å². The molecule has 8 unspecified atom stereocenters. The molecule has 8 atom stereocenters. The molecule has 0 saturated heterocycles. The van der Waals surface area contributed by atoms with Crippen LogP contribution in [-0.2, 0) is 23.8 Å². The monoisotopic (exact) mass is 452 g/mol. The zero-order valence-corrected chi connectivity index (χ0v) is 15.2. The fraction of sp³-hybridized carbons (Fsp3) is 0.714. The average molecular weight is 452 g/mol. The van der Waals surface area contributed by atoms with Crippen LogP contribution in [0, 0.1) is 6.65 Å². The van der Waals surface area contributed by atoms with E-state index in [1.54, 1.807) is 0 Å². The van der Waals surface area contributed by atoms with Crippen LogP contribution in [0.2, 0.25) is 0 Å². The Hall–Kier alpha value is -1.98. The first-order valence-corrected chi connectivity index (χ1v) is 7.26. The number of carbonyl (C=O) groups is 2. The van der Waals surface area contributed by atoms with E-state index in [2.05, 4.69) is 6.65 Å². The molecule has 0 aromatic rings. The molecule has 30 heavy (non-hydrogen) atoms. The standard InChI is InChI=1S/2C6H12O6.CO2.CO.H2O.H2/c2*7-1-3(9)5(11)6(12)4(10)2-8;2-1-3;1-2;;/h2*1,3-6,8-12H,2H2;;;1H2;1H. The van der Waals surface area contributed by atoms with Gasteiger partial charge in [0.05, 0.1) is 13.2 Å². The minimum absolute atomic E-state index is 0. The van der Waals surface area contributed by atoms with Gasteiger partial charge in [0.15, 0.2) is 12.6 Å². The van der Waals surface area contributed by atoms with Crippen molar-refractivity contribution in [3.05, 3.63) is 6.65 Å². The van der Waals surface area contributed by atoms with E-state index in [9.17, 15) is 9.59 Å². The molecular weight excluding hydrogens is 424 g/mol. The molecule has 0 heterocycles. The molecule has 16 heteroatoms. The molecule has 0 radical (unpaired) electrons. The Bertz CT molecular complexity index is 425. The van der Waals surface area contributed by atoms with Crippen LogP contribution in [0.4, 0.5) is 0 Å². The number of aliphatic hydroxyl groups is 10. The Balaban J connectivity index is -0.0000000790. The Morgan fingerprint density at radius 1 is 0.700 bits per heavy atom. The van der Waals surface area contributed by atoms with Gasteiger partial charge in [-0.2, -0.15) is 9.59 Å². The van der Waals surface area contributed by atoms with Crippen LogP contribution < -0.4 is 0 Å². The first-order chi connectivity index (χ1) is 13.5. The van der Waals surface area contributed by atoms with E-state index in [-0.39, 0.29) is 25.6 Å². The van der Waals surface area contributed by atoms with Crippen molar-refractivity contribution in [2.45, 2.75) is 48.8 Å². The average Bonchev–Trinajstić information content (AvgIpc) is 2.76. The second kappa shape index (κ2) is 25.1. The van der Waals surface area contributed by atoms with Crippen LogP contribution in [0.3, 0.4) is 0 Å². The summed E-state index contributed by atoms with van der Waals surface area (Å²) in [5.74, 6) is 0. The zero-order valence-electron chi connectivity index (χ0n) is 15.2. The van der Waals surface area contributed by atoms with Crippen molar-refractivity contribution < 1.29 is 81.8 Å². The van der Waals surface area contributed by atoms with Crippen molar-refractivity contribution in [2.75, 3.05) is 13.2 Å². The maximum absolute atomic E-state index is 9.90. The van der Waals surface area contributed by atoms with Gasteiger partial charge >= 0.3 is 17.5 Å². The van der Waals surface area contributed by atoms with Gasteiger partial charge in [0.25, 0.3) is 0 Å². The minimum atomic E-state index is -1.79. The second-order valence-corrected chi connectivity index (χ2v) is 4.80. The summed E-state index contributed by atoms with van der Waals surface area (Å²) in [5, 5.41) is 87.1. The summed E-state index contributed by atoms with van der Waals surface area (Å²) >= 11 is 0. The molecule has 0 amide bonds. The van der Waals surface area contributed by atoms with Crippen molar-refractivity contribution in [2.24, 2.45) is 0 Å². The smallest absolute Gasteiger partial charge is 0 e. The largest absolute Gasteiger partial charge is 0 e. The van der Waals surface area contributed by atoms with Gasteiger partial charge in [-0.25, -0.2) is 0 Å². The van der Waals surface area contributed by atoms with E-state index in [4.69, 9.17) is 65.3 Å². The predicted molar refractivity (Wildman–Crippen MR) is 89.0 cm³/mol. The molecule has 0 aromatic heterocycles. The van der Waals surface area contributed by atoms with Gasteiger partial charge in [-0.15, -0.1) is 0 Å². The van der Waals surface area contributed by atoms with Crippen LogP contribution in [-0.4, -0.2) is 137 Å². The number of aldehydes is 2. The summed E-state index contributed by atoms with van der Waals surface area (Å²) < 4.78 is 7.50. The van der Waals surface area contributed by atoms with Gasteiger partial charge in [0, 0.05) is 1.43 Å². The molecule has 0 saturated carbocycles. The van der Waals surface area contributed by atoms with Crippen LogP contribution in [0.25, 0.3) is 0 Å². The third-order valence-corrected chi connectivity index (χ3v) is 2.84. The maximum Gasteiger partial charge on any atom is 0 e. The van der Waals surface area contributed by atoms with Gasteiger partial charge in [0.1, 0.15) is 48.8 Å². The van der Waals surface area contributed by atoms with E-state index in [0.717, 1.165) is 0 Å². The Morgan fingerprint density at radius 2 is 0.900 bits per heavy atom. The number of hydrogen-bond acceptors (Lipinski definition) is 14. The van der Waals surface area contributed by atoms with Crippen molar-refractivity contribution >= 4 is 18.7 Å². The molecule has 16 nitrogen and oxygen atoms in total. The number of hydrogen-bond donors (Lipinski definition) is 10. The first kappa shape index (κ1) is 38.6. The molecule has 0 rings (SSSR count). The quantitative estimate of drug-likeness (QED) is 0.0835. The normalized spacial score (nSPS) is 17.2. The van der Waals surface area contributed by atoms with E-state index in [1.807, 2.05) is 0 Å². The number of aliphatic hydroxyl groups excluding tert-OH is 10. The zero-order chi connectivity index (χ0) is 24.2. The topological polar surface area (TPSA) is 322 Å². The fourth-order valence-corrected chi connectivity index (χ4v) is 1.24. The van der Waals surface area contributed by atoms with Gasteiger partial charge in [0.2, 0.25) is 0 Å². The second-order valence-electron chi connectivity index (χ2n) is 4.80. The van der Waals surface area contributed by atoms with Crippen molar-refractivity contribution in [1.29, 1.82) is 0 Å². The van der Waals surface area contributed by atoms with Crippen LogP contribution in [0.1, 0.15) is 1.43 Å². The fourth-order valence-electron chi connectivity index (χ4n) is 1.24. The van der Waals surface area contributed by atoms with Crippen LogP contribution in [0.5, 0.6) is 0 Å². The van der Waals surface area contributed by atoms with Gasteiger partial charge < -0.3 is 66.1 Å². The Morgan fingerprint density at radius 3 is 1.03 bits per heavy atom. The summed E-state index contributed by atoms with van der Waals surface area (Å²) in [7, 11) is 0. The molecule has 12 N–H and O–H groups in total.